The average molecular weight is 269 g/mol. The molecule has 0 bridgehead atoms. The molecule has 0 amide bonds. The third-order valence-electron chi connectivity index (χ3n) is 4.28. The van der Waals surface area contributed by atoms with Gasteiger partial charge in [-0.15, -0.1) is 0 Å². The lowest BCUT2D eigenvalue weighted by atomic mass is 9.88. The molecule has 3 unspecified atom stereocenters. The molecular formula is C18H23NO. The van der Waals surface area contributed by atoms with Gasteiger partial charge in [0.05, 0.1) is 12.7 Å². The normalized spacial score (nSPS) is 24.1. The van der Waals surface area contributed by atoms with Crippen molar-refractivity contribution in [2.24, 2.45) is 5.92 Å². The van der Waals surface area contributed by atoms with E-state index in [4.69, 9.17) is 4.74 Å². The summed E-state index contributed by atoms with van der Waals surface area (Å²) in [6, 6.07) is 15.7. The molecule has 1 heterocycles. The van der Waals surface area contributed by atoms with Crippen LogP contribution in [0.2, 0.25) is 0 Å². The number of hydrogen-bond donors (Lipinski definition) is 1. The molecule has 0 saturated carbocycles. The molecule has 2 aromatic rings. The van der Waals surface area contributed by atoms with Crippen LogP contribution in [-0.4, -0.2) is 19.3 Å². The van der Waals surface area contributed by atoms with Crippen LogP contribution in [0.5, 0.6) is 0 Å². The third-order valence-corrected chi connectivity index (χ3v) is 4.28. The van der Waals surface area contributed by atoms with Crippen molar-refractivity contribution < 1.29 is 4.74 Å². The maximum atomic E-state index is 5.79. The lowest BCUT2D eigenvalue weighted by Gasteiger charge is -2.25. The van der Waals surface area contributed by atoms with E-state index in [1.54, 1.807) is 0 Å². The summed E-state index contributed by atoms with van der Waals surface area (Å²) in [5.74, 6) is 0.566. The first-order valence-corrected chi connectivity index (χ1v) is 7.62. The van der Waals surface area contributed by atoms with Crippen molar-refractivity contribution in [3.8, 4) is 0 Å². The van der Waals surface area contributed by atoms with Crippen LogP contribution >= 0.6 is 0 Å². The van der Waals surface area contributed by atoms with Crippen molar-refractivity contribution in [3.63, 3.8) is 0 Å². The van der Waals surface area contributed by atoms with Gasteiger partial charge in [-0.3, -0.25) is 0 Å². The maximum absolute atomic E-state index is 5.79. The summed E-state index contributed by atoms with van der Waals surface area (Å²) in [6.45, 7) is 6.20. The first-order valence-electron chi connectivity index (χ1n) is 7.62. The van der Waals surface area contributed by atoms with Gasteiger partial charge in [0.15, 0.2) is 0 Å². The highest BCUT2D eigenvalue weighted by Gasteiger charge is 2.30. The molecule has 3 atom stereocenters. The number of benzene rings is 2. The van der Waals surface area contributed by atoms with Crippen LogP contribution in [0.3, 0.4) is 0 Å². The predicted molar refractivity (Wildman–Crippen MR) is 83.9 cm³/mol. The van der Waals surface area contributed by atoms with Crippen LogP contribution < -0.4 is 5.32 Å². The molecular weight excluding hydrogens is 246 g/mol. The zero-order valence-electron chi connectivity index (χ0n) is 12.3. The number of nitrogens with one attached hydrogen (secondary N) is 1. The Bertz CT molecular complexity index is 575. The van der Waals surface area contributed by atoms with E-state index in [9.17, 15) is 0 Å². The second-order valence-electron chi connectivity index (χ2n) is 5.74. The lowest BCUT2D eigenvalue weighted by molar-refractivity contribution is 0.117. The van der Waals surface area contributed by atoms with E-state index in [0.717, 1.165) is 19.6 Å². The quantitative estimate of drug-likeness (QED) is 0.908. The third kappa shape index (κ3) is 2.58. The number of fused-ring (bicyclic) bond motifs is 1. The fourth-order valence-corrected chi connectivity index (χ4v) is 3.35. The van der Waals surface area contributed by atoms with Crippen LogP contribution in [0.25, 0.3) is 10.8 Å². The van der Waals surface area contributed by atoms with Gasteiger partial charge in [0.1, 0.15) is 0 Å². The van der Waals surface area contributed by atoms with Crippen LogP contribution in [-0.2, 0) is 4.74 Å². The molecule has 2 aromatic carbocycles. The van der Waals surface area contributed by atoms with Crippen molar-refractivity contribution in [3.05, 3.63) is 48.0 Å². The van der Waals surface area contributed by atoms with Gasteiger partial charge in [-0.25, -0.2) is 0 Å². The van der Waals surface area contributed by atoms with E-state index in [1.165, 1.54) is 16.3 Å². The fraction of sp³-hybridized carbons (Fsp3) is 0.444. The fourth-order valence-electron chi connectivity index (χ4n) is 3.35. The molecule has 20 heavy (non-hydrogen) atoms. The average Bonchev–Trinajstić information content (AvgIpc) is 2.91. The second-order valence-corrected chi connectivity index (χ2v) is 5.74. The standard InChI is InChI=1S/C18H23NO/c1-3-19-18(15-11-13(2)20-12-15)17-10-6-8-14-7-4-5-9-16(14)17/h4-10,13,15,18-19H,3,11-12H2,1-2H3. The van der Waals surface area contributed by atoms with Gasteiger partial charge >= 0.3 is 0 Å². The minimum atomic E-state index is 0.385. The smallest absolute Gasteiger partial charge is 0.0551 e. The van der Waals surface area contributed by atoms with E-state index in [0.29, 0.717) is 18.1 Å². The van der Waals surface area contributed by atoms with E-state index in [2.05, 4.69) is 61.6 Å². The van der Waals surface area contributed by atoms with Crippen molar-refractivity contribution in [2.45, 2.75) is 32.4 Å². The van der Waals surface area contributed by atoms with E-state index in [-0.39, 0.29) is 0 Å². The summed E-state index contributed by atoms with van der Waals surface area (Å²) < 4.78 is 5.79. The maximum Gasteiger partial charge on any atom is 0.0551 e. The SMILES string of the molecule is CCNC(c1cccc2ccccc12)C1COC(C)C1. The number of ether oxygens (including phenoxy) is 1. The molecule has 1 fully saturated rings. The topological polar surface area (TPSA) is 21.3 Å². The summed E-state index contributed by atoms with van der Waals surface area (Å²) in [7, 11) is 0. The number of rotatable bonds is 4. The molecule has 1 saturated heterocycles. The van der Waals surface area contributed by atoms with Gasteiger partial charge in [-0.2, -0.15) is 0 Å². The largest absolute Gasteiger partial charge is 0.378 e. The predicted octanol–water partition coefficient (Wildman–Crippen LogP) is 3.92. The minimum absolute atomic E-state index is 0.385. The molecule has 106 valence electrons. The Morgan fingerprint density at radius 1 is 1.20 bits per heavy atom. The summed E-state index contributed by atoms with van der Waals surface area (Å²) in [6.07, 6.45) is 1.53. The van der Waals surface area contributed by atoms with Crippen molar-refractivity contribution in [1.29, 1.82) is 0 Å². The van der Waals surface area contributed by atoms with Gasteiger partial charge in [-0.1, -0.05) is 49.4 Å². The molecule has 3 rings (SSSR count). The Morgan fingerprint density at radius 2 is 2.00 bits per heavy atom. The van der Waals surface area contributed by atoms with Gasteiger partial charge in [0, 0.05) is 12.0 Å². The summed E-state index contributed by atoms with van der Waals surface area (Å²) >= 11 is 0. The van der Waals surface area contributed by atoms with Gasteiger partial charge in [0.25, 0.3) is 0 Å². The van der Waals surface area contributed by atoms with Crippen LogP contribution in [0.15, 0.2) is 42.5 Å². The van der Waals surface area contributed by atoms with E-state index < -0.39 is 0 Å². The Hall–Kier alpha value is -1.38. The molecule has 0 aromatic heterocycles. The van der Waals surface area contributed by atoms with E-state index >= 15 is 0 Å². The van der Waals surface area contributed by atoms with Gasteiger partial charge in [-0.05, 0) is 36.2 Å². The molecule has 1 N–H and O–H groups in total. The minimum Gasteiger partial charge on any atom is -0.378 e. The Morgan fingerprint density at radius 3 is 2.75 bits per heavy atom. The van der Waals surface area contributed by atoms with Crippen molar-refractivity contribution in [2.75, 3.05) is 13.2 Å². The highest BCUT2D eigenvalue weighted by molar-refractivity contribution is 5.86. The number of hydrogen-bond acceptors (Lipinski definition) is 2. The summed E-state index contributed by atoms with van der Waals surface area (Å²) in [5.41, 5.74) is 1.41. The molecule has 0 radical (unpaired) electrons. The van der Waals surface area contributed by atoms with Crippen LogP contribution in [0.4, 0.5) is 0 Å². The molecule has 1 aliphatic heterocycles. The monoisotopic (exact) mass is 269 g/mol. The zero-order valence-corrected chi connectivity index (χ0v) is 12.3. The van der Waals surface area contributed by atoms with Gasteiger partial charge < -0.3 is 10.1 Å². The molecule has 0 spiro atoms. The van der Waals surface area contributed by atoms with Gasteiger partial charge in [0.2, 0.25) is 0 Å². The Labute approximate surface area is 121 Å². The Balaban J connectivity index is 2.01. The molecule has 0 aliphatic carbocycles. The first-order chi connectivity index (χ1) is 9.79. The molecule has 1 aliphatic rings. The Kier molecular flexibility index (Phi) is 4.04. The summed E-state index contributed by atoms with van der Waals surface area (Å²) in [4.78, 5) is 0. The summed E-state index contributed by atoms with van der Waals surface area (Å²) in [5, 5.41) is 6.35. The van der Waals surface area contributed by atoms with Crippen molar-refractivity contribution in [1.82, 2.24) is 5.32 Å². The van der Waals surface area contributed by atoms with E-state index in [1.807, 2.05) is 0 Å². The lowest BCUT2D eigenvalue weighted by Crippen LogP contribution is -2.28. The van der Waals surface area contributed by atoms with Crippen LogP contribution in [0.1, 0.15) is 31.9 Å². The highest BCUT2D eigenvalue weighted by Crippen LogP contribution is 2.34. The first kappa shape index (κ1) is 13.6. The van der Waals surface area contributed by atoms with Crippen molar-refractivity contribution >= 4 is 10.8 Å². The molecule has 2 nitrogen and oxygen atoms in total. The highest BCUT2D eigenvalue weighted by atomic mass is 16.5. The second kappa shape index (κ2) is 5.94. The zero-order chi connectivity index (χ0) is 13.9. The van der Waals surface area contributed by atoms with Crippen LogP contribution in [0, 0.1) is 5.92 Å². The molecule has 2 heteroatoms.